The molecule has 2 aromatic rings. The molecule has 0 bridgehead atoms. The molecule has 132 valence electrons. The van der Waals surface area contributed by atoms with Gasteiger partial charge in [0.05, 0.1) is 0 Å². The largest absolute Gasteiger partial charge is 0.435 e. The Morgan fingerprint density at radius 2 is 1.80 bits per heavy atom. The Labute approximate surface area is 143 Å². The van der Waals surface area contributed by atoms with Crippen LogP contribution in [0.25, 0.3) is 0 Å². The second-order valence-corrected chi connectivity index (χ2v) is 5.15. The lowest BCUT2D eigenvalue weighted by Crippen LogP contribution is -2.47. The summed E-state index contributed by atoms with van der Waals surface area (Å²) >= 11 is 0. The first-order chi connectivity index (χ1) is 11.9. The van der Waals surface area contributed by atoms with Gasteiger partial charge in [-0.1, -0.05) is 36.4 Å². The summed E-state index contributed by atoms with van der Waals surface area (Å²) in [6.45, 7) is -2.96. The number of benzene rings is 2. The average Bonchev–Trinajstić information content (AvgIpc) is 2.54. The standard InChI is InChI=1S/C17H17F2N3O3/c18-16(19)25-13-8-4-7-12(10-13)21-17(24)22-14(15(20)23)9-11-5-2-1-3-6-11/h1-8,10,14,16H,9H2,(H2,20,23)(H2,21,22,24)/t14-/m1/s1. The van der Waals surface area contributed by atoms with Gasteiger partial charge in [-0.25, -0.2) is 4.79 Å². The van der Waals surface area contributed by atoms with E-state index in [0.717, 1.165) is 5.56 Å². The maximum absolute atomic E-state index is 12.2. The van der Waals surface area contributed by atoms with Gasteiger partial charge in [0.1, 0.15) is 11.8 Å². The fourth-order valence-electron chi connectivity index (χ4n) is 2.15. The third kappa shape index (κ3) is 6.09. The van der Waals surface area contributed by atoms with Gasteiger partial charge in [0.25, 0.3) is 0 Å². The minimum Gasteiger partial charge on any atom is -0.435 e. The van der Waals surface area contributed by atoms with Crippen molar-refractivity contribution in [1.29, 1.82) is 0 Å². The molecule has 0 saturated carbocycles. The van der Waals surface area contributed by atoms with Gasteiger partial charge in [-0.15, -0.1) is 0 Å². The van der Waals surface area contributed by atoms with Crippen LogP contribution in [0, 0.1) is 0 Å². The Morgan fingerprint density at radius 3 is 2.44 bits per heavy atom. The highest BCUT2D eigenvalue weighted by molar-refractivity contribution is 5.93. The van der Waals surface area contributed by atoms with Crippen molar-refractivity contribution in [3.63, 3.8) is 0 Å². The lowest BCUT2D eigenvalue weighted by Gasteiger charge is -2.16. The predicted molar refractivity (Wildman–Crippen MR) is 88.4 cm³/mol. The van der Waals surface area contributed by atoms with Crippen molar-refractivity contribution in [2.24, 2.45) is 5.73 Å². The van der Waals surface area contributed by atoms with E-state index in [9.17, 15) is 18.4 Å². The number of halogens is 2. The van der Waals surface area contributed by atoms with E-state index in [-0.39, 0.29) is 17.9 Å². The molecule has 0 heterocycles. The number of urea groups is 1. The van der Waals surface area contributed by atoms with E-state index in [0.29, 0.717) is 0 Å². The van der Waals surface area contributed by atoms with Crippen molar-refractivity contribution in [3.8, 4) is 5.75 Å². The van der Waals surface area contributed by atoms with Gasteiger partial charge in [0.15, 0.2) is 0 Å². The molecular weight excluding hydrogens is 332 g/mol. The van der Waals surface area contributed by atoms with Crippen LogP contribution in [0.5, 0.6) is 5.75 Å². The number of ether oxygens (including phenoxy) is 1. The van der Waals surface area contributed by atoms with Crippen LogP contribution in [-0.2, 0) is 11.2 Å². The van der Waals surface area contributed by atoms with Gasteiger partial charge in [-0.05, 0) is 17.7 Å². The smallest absolute Gasteiger partial charge is 0.387 e. The number of nitrogens with one attached hydrogen (secondary N) is 2. The van der Waals surface area contributed by atoms with Crippen LogP contribution in [0.15, 0.2) is 54.6 Å². The number of anilines is 1. The maximum Gasteiger partial charge on any atom is 0.387 e. The molecule has 25 heavy (non-hydrogen) atoms. The molecule has 0 aromatic heterocycles. The molecule has 4 N–H and O–H groups in total. The van der Waals surface area contributed by atoms with Gasteiger partial charge in [-0.2, -0.15) is 8.78 Å². The Morgan fingerprint density at radius 1 is 1.08 bits per heavy atom. The number of carbonyl (C=O) groups excluding carboxylic acids is 2. The van der Waals surface area contributed by atoms with Crippen LogP contribution in [0.3, 0.4) is 0 Å². The predicted octanol–water partition coefficient (Wildman–Crippen LogP) is 2.51. The van der Waals surface area contributed by atoms with Crippen LogP contribution in [0.2, 0.25) is 0 Å². The van der Waals surface area contributed by atoms with Crippen molar-refractivity contribution < 1.29 is 23.1 Å². The summed E-state index contributed by atoms with van der Waals surface area (Å²) in [6.07, 6.45) is 0.234. The highest BCUT2D eigenvalue weighted by atomic mass is 19.3. The summed E-state index contributed by atoms with van der Waals surface area (Å²) in [5.74, 6) is -0.780. The quantitative estimate of drug-likeness (QED) is 0.717. The first kappa shape index (κ1) is 18.2. The van der Waals surface area contributed by atoms with Crippen LogP contribution < -0.4 is 21.1 Å². The third-order valence-corrected chi connectivity index (χ3v) is 3.25. The summed E-state index contributed by atoms with van der Waals surface area (Å²) in [7, 11) is 0. The van der Waals surface area contributed by atoms with Crippen molar-refractivity contribution in [2.45, 2.75) is 19.1 Å². The number of hydrogen-bond acceptors (Lipinski definition) is 3. The van der Waals surface area contributed by atoms with E-state index in [1.807, 2.05) is 18.2 Å². The molecule has 2 aromatic carbocycles. The molecule has 0 aliphatic heterocycles. The Bertz CT molecular complexity index is 726. The summed E-state index contributed by atoms with van der Waals surface area (Å²) < 4.78 is 28.7. The zero-order chi connectivity index (χ0) is 18.2. The van der Waals surface area contributed by atoms with E-state index in [1.54, 1.807) is 12.1 Å². The van der Waals surface area contributed by atoms with Crippen molar-refractivity contribution in [1.82, 2.24) is 5.32 Å². The van der Waals surface area contributed by atoms with Gasteiger partial charge in [-0.3, -0.25) is 4.79 Å². The Kier molecular flexibility index (Phi) is 6.27. The molecule has 6 nitrogen and oxygen atoms in total. The second kappa shape index (κ2) is 8.62. The van der Waals surface area contributed by atoms with E-state index in [4.69, 9.17) is 5.73 Å². The van der Waals surface area contributed by atoms with Crippen LogP contribution >= 0.6 is 0 Å². The van der Waals surface area contributed by atoms with E-state index in [1.165, 1.54) is 24.3 Å². The zero-order valence-electron chi connectivity index (χ0n) is 13.1. The summed E-state index contributed by atoms with van der Waals surface area (Å²) in [5.41, 5.74) is 6.39. The van der Waals surface area contributed by atoms with Crippen LogP contribution in [0.4, 0.5) is 19.3 Å². The highest BCUT2D eigenvalue weighted by Gasteiger charge is 2.18. The number of rotatable bonds is 7. The number of nitrogens with two attached hydrogens (primary N) is 1. The molecule has 0 aliphatic rings. The molecule has 3 amide bonds. The zero-order valence-corrected chi connectivity index (χ0v) is 13.1. The summed E-state index contributed by atoms with van der Waals surface area (Å²) in [6, 6.07) is 13.0. The van der Waals surface area contributed by atoms with Crippen LogP contribution in [-0.4, -0.2) is 24.6 Å². The van der Waals surface area contributed by atoms with E-state index < -0.39 is 24.6 Å². The number of hydrogen-bond donors (Lipinski definition) is 3. The fraction of sp³-hybridized carbons (Fsp3) is 0.176. The molecule has 8 heteroatoms. The molecule has 0 saturated heterocycles. The summed E-state index contributed by atoms with van der Waals surface area (Å²) in [5, 5.41) is 4.90. The van der Waals surface area contributed by atoms with Crippen molar-refractivity contribution in [2.75, 3.05) is 5.32 Å². The number of amides is 3. The fourth-order valence-corrected chi connectivity index (χ4v) is 2.15. The topological polar surface area (TPSA) is 93.5 Å². The molecule has 0 unspecified atom stereocenters. The van der Waals surface area contributed by atoms with Gasteiger partial charge >= 0.3 is 12.6 Å². The summed E-state index contributed by atoms with van der Waals surface area (Å²) in [4.78, 5) is 23.6. The molecule has 0 spiro atoms. The van der Waals surface area contributed by atoms with E-state index >= 15 is 0 Å². The number of primary amides is 1. The van der Waals surface area contributed by atoms with Crippen molar-refractivity contribution in [3.05, 3.63) is 60.2 Å². The molecule has 0 radical (unpaired) electrons. The minimum absolute atomic E-state index is 0.0939. The lowest BCUT2D eigenvalue weighted by molar-refractivity contribution is -0.119. The van der Waals surface area contributed by atoms with Gasteiger partial charge in [0.2, 0.25) is 5.91 Å². The molecule has 0 fully saturated rings. The SMILES string of the molecule is NC(=O)[C@@H](Cc1ccccc1)NC(=O)Nc1cccc(OC(F)F)c1. The second-order valence-electron chi connectivity index (χ2n) is 5.15. The van der Waals surface area contributed by atoms with Crippen molar-refractivity contribution >= 4 is 17.6 Å². The van der Waals surface area contributed by atoms with Crippen LogP contribution in [0.1, 0.15) is 5.56 Å². The lowest BCUT2D eigenvalue weighted by atomic mass is 10.1. The molecule has 2 rings (SSSR count). The number of carbonyl (C=O) groups is 2. The molecule has 1 atom stereocenters. The Hall–Kier alpha value is -3.16. The number of alkyl halides is 2. The van der Waals surface area contributed by atoms with Gasteiger partial charge < -0.3 is 21.1 Å². The van der Waals surface area contributed by atoms with E-state index in [2.05, 4.69) is 15.4 Å². The first-order valence-corrected chi connectivity index (χ1v) is 7.39. The monoisotopic (exact) mass is 349 g/mol. The molecule has 0 aliphatic carbocycles. The normalized spacial score (nSPS) is 11.6. The highest BCUT2D eigenvalue weighted by Crippen LogP contribution is 2.19. The first-order valence-electron chi connectivity index (χ1n) is 7.39. The third-order valence-electron chi connectivity index (χ3n) is 3.25. The Balaban J connectivity index is 1.98. The minimum atomic E-state index is -2.96. The average molecular weight is 349 g/mol. The molecular formula is C17H17F2N3O3. The maximum atomic E-state index is 12.2. The van der Waals surface area contributed by atoms with Gasteiger partial charge in [0, 0.05) is 18.2 Å².